The van der Waals surface area contributed by atoms with Gasteiger partial charge in [-0.05, 0) is 25.6 Å². The van der Waals surface area contributed by atoms with Crippen molar-refractivity contribution >= 4 is 0 Å². The average Bonchev–Trinajstić information content (AvgIpc) is 2.43. The number of hydrogen-bond donors (Lipinski definition) is 1. The van der Waals surface area contributed by atoms with Gasteiger partial charge in [-0.25, -0.2) is 0 Å². The Balaban J connectivity index is 2.06. The smallest absolute Gasteiger partial charge is 0.161 e. The van der Waals surface area contributed by atoms with Crippen LogP contribution in [0.3, 0.4) is 0 Å². The van der Waals surface area contributed by atoms with Gasteiger partial charge in [0, 0.05) is 6.42 Å². The molecule has 0 radical (unpaired) electrons. The Kier molecular flexibility index (Phi) is 4.49. The van der Waals surface area contributed by atoms with Gasteiger partial charge in [0.1, 0.15) is 12.7 Å². The highest BCUT2D eigenvalue weighted by atomic mass is 16.6. The van der Waals surface area contributed by atoms with Crippen LogP contribution in [0.1, 0.15) is 20.3 Å². The summed E-state index contributed by atoms with van der Waals surface area (Å²) in [5, 5.41) is 3.41. The fourth-order valence-corrected chi connectivity index (χ4v) is 2.04. The molecule has 1 aromatic carbocycles. The van der Waals surface area contributed by atoms with E-state index >= 15 is 0 Å². The summed E-state index contributed by atoms with van der Waals surface area (Å²) >= 11 is 0. The van der Waals surface area contributed by atoms with Crippen LogP contribution >= 0.6 is 0 Å². The number of benzene rings is 1. The first-order chi connectivity index (χ1) is 8.85. The molecule has 0 spiro atoms. The van der Waals surface area contributed by atoms with E-state index in [1.807, 2.05) is 31.2 Å². The number of likely N-dealkylation sites (N-methyl/N-ethyl adjacent to an activating group) is 1. The highest BCUT2D eigenvalue weighted by Crippen LogP contribution is 2.31. The number of ether oxygens (including phenoxy) is 2. The summed E-state index contributed by atoms with van der Waals surface area (Å²) in [7, 11) is 0. The van der Waals surface area contributed by atoms with E-state index < -0.39 is 0 Å². The van der Waals surface area contributed by atoms with Gasteiger partial charge >= 0.3 is 0 Å². The van der Waals surface area contributed by atoms with E-state index in [0.29, 0.717) is 6.61 Å². The molecular weight excluding hydrogens is 226 g/mol. The zero-order valence-electron chi connectivity index (χ0n) is 10.9. The minimum Gasteiger partial charge on any atom is -0.486 e. The van der Waals surface area contributed by atoms with Crippen LogP contribution in [0.15, 0.2) is 24.3 Å². The lowest BCUT2D eigenvalue weighted by atomic mass is 10.1. The standard InChI is InChI=1S/C15H19NO2/c1-3-5-8-12(16-4-2)15-11-17-13-9-6-7-10-14(13)18-15/h6-7,9-10,12,15-16H,4,8,11H2,1-2H3. The third-order valence-corrected chi connectivity index (χ3v) is 2.94. The van der Waals surface area contributed by atoms with Crippen molar-refractivity contribution in [2.24, 2.45) is 0 Å². The zero-order chi connectivity index (χ0) is 12.8. The fraction of sp³-hybridized carbons (Fsp3) is 0.467. The average molecular weight is 245 g/mol. The van der Waals surface area contributed by atoms with E-state index in [-0.39, 0.29) is 12.1 Å². The number of nitrogens with one attached hydrogen (secondary N) is 1. The molecule has 1 aromatic rings. The van der Waals surface area contributed by atoms with Crippen molar-refractivity contribution in [2.45, 2.75) is 32.4 Å². The monoisotopic (exact) mass is 245 g/mol. The molecule has 0 saturated heterocycles. The van der Waals surface area contributed by atoms with Crippen LogP contribution in [0, 0.1) is 11.8 Å². The summed E-state index contributed by atoms with van der Waals surface area (Å²) < 4.78 is 11.7. The van der Waals surface area contributed by atoms with Crippen LogP contribution in [-0.2, 0) is 0 Å². The molecule has 3 heteroatoms. The Bertz CT molecular complexity index is 447. The van der Waals surface area contributed by atoms with Crippen molar-refractivity contribution in [3.05, 3.63) is 24.3 Å². The maximum atomic E-state index is 5.99. The lowest BCUT2D eigenvalue weighted by Crippen LogP contribution is -2.47. The van der Waals surface area contributed by atoms with Crippen molar-refractivity contribution in [2.75, 3.05) is 13.2 Å². The second kappa shape index (κ2) is 6.32. The van der Waals surface area contributed by atoms with Gasteiger partial charge in [-0.1, -0.05) is 19.1 Å². The Morgan fingerprint density at radius 1 is 1.39 bits per heavy atom. The zero-order valence-corrected chi connectivity index (χ0v) is 10.9. The summed E-state index contributed by atoms with van der Waals surface area (Å²) in [4.78, 5) is 0. The number of para-hydroxylation sites is 2. The van der Waals surface area contributed by atoms with Gasteiger partial charge in [0.05, 0.1) is 6.04 Å². The van der Waals surface area contributed by atoms with Gasteiger partial charge in [-0.3, -0.25) is 0 Å². The van der Waals surface area contributed by atoms with E-state index in [4.69, 9.17) is 9.47 Å². The molecule has 1 heterocycles. The molecule has 96 valence electrons. The molecule has 18 heavy (non-hydrogen) atoms. The Hall–Kier alpha value is -1.66. The summed E-state index contributed by atoms with van der Waals surface area (Å²) in [6, 6.07) is 7.98. The summed E-state index contributed by atoms with van der Waals surface area (Å²) in [6.45, 7) is 5.41. The third kappa shape index (κ3) is 2.96. The molecule has 3 nitrogen and oxygen atoms in total. The quantitative estimate of drug-likeness (QED) is 0.825. The molecule has 1 aliphatic rings. The molecule has 1 aliphatic heterocycles. The lowest BCUT2D eigenvalue weighted by Gasteiger charge is -2.31. The van der Waals surface area contributed by atoms with Gasteiger partial charge in [0.25, 0.3) is 0 Å². The van der Waals surface area contributed by atoms with Gasteiger partial charge in [-0.15, -0.1) is 11.8 Å². The Morgan fingerprint density at radius 2 is 2.17 bits per heavy atom. The minimum absolute atomic E-state index is 0.0145. The molecule has 0 fully saturated rings. The normalized spacial score (nSPS) is 18.7. The van der Waals surface area contributed by atoms with Gasteiger partial charge < -0.3 is 14.8 Å². The molecule has 0 bridgehead atoms. The highest BCUT2D eigenvalue weighted by molar-refractivity contribution is 5.40. The fourth-order valence-electron chi connectivity index (χ4n) is 2.04. The predicted octanol–water partition coefficient (Wildman–Crippen LogP) is 2.22. The van der Waals surface area contributed by atoms with E-state index in [0.717, 1.165) is 24.5 Å². The Labute approximate surface area is 108 Å². The number of rotatable bonds is 4. The molecule has 2 atom stereocenters. The van der Waals surface area contributed by atoms with E-state index in [1.54, 1.807) is 0 Å². The van der Waals surface area contributed by atoms with Crippen molar-refractivity contribution in [1.29, 1.82) is 0 Å². The maximum Gasteiger partial charge on any atom is 0.161 e. The van der Waals surface area contributed by atoms with Crippen LogP contribution in [0.4, 0.5) is 0 Å². The molecule has 0 amide bonds. The van der Waals surface area contributed by atoms with Gasteiger partial charge in [-0.2, -0.15) is 0 Å². The second-order valence-corrected chi connectivity index (χ2v) is 4.21. The van der Waals surface area contributed by atoms with Crippen molar-refractivity contribution in [3.63, 3.8) is 0 Å². The molecule has 1 N–H and O–H groups in total. The first-order valence-corrected chi connectivity index (χ1v) is 6.36. The minimum atomic E-state index is 0.0145. The van der Waals surface area contributed by atoms with Crippen molar-refractivity contribution in [3.8, 4) is 23.3 Å². The molecule has 2 unspecified atom stereocenters. The summed E-state index contributed by atoms with van der Waals surface area (Å²) in [6.07, 6.45) is 0.793. The van der Waals surface area contributed by atoms with Crippen LogP contribution < -0.4 is 14.8 Å². The first kappa shape index (κ1) is 12.8. The van der Waals surface area contributed by atoms with Gasteiger partial charge in [0.15, 0.2) is 11.5 Å². The maximum absolute atomic E-state index is 5.99. The summed E-state index contributed by atoms with van der Waals surface area (Å²) in [5.74, 6) is 7.68. The third-order valence-electron chi connectivity index (χ3n) is 2.94. The van der Waals surface area contributed by atoms with E-state index in [1.165, 1.54) is 0 Å². The van der Waals surface area contributed by atoms with Crippen LogP contribution in [0.25, 0.3) is 0 Å². The molecular formula is C15H19NO2. The number of fused-ring (bicyclic) bond motifs is 1. The Morgan fingerprint density at radius 3 is 2.89 bits per heavy atom. The van der Waals surface area contributed by atoms with E-state index in [9.17, 15) is 0 Å². The van der Waals surface area contributed by atoms with Crippen molar-refractivity contribution in [1.82, 2.24) is 5.32 Å². The second-order valence-electron chi connectivity index (χ2n) is 4.21. The molecule has 0 aliphatic carbocycles. The van der Waals surface area contributed by atoms with Crippen LogP contribution in [-0.4, -0.2) is 25.3 Å². The van der Waals surface area contributed by atoms with E-state index in [2.05, 4.69) is 24.1 Å². The topological polar surface area (TPSA) is 30.5 Å². The molecule has 0 saturated carbocycles. The number of hydrogen-bond acceptors (Lipinski definition) is 3. The SMILES string of the molecule is CC#CCC(NCC)C1COc2ccccc2O1. The lowest BCUT2D eigenvalue weighted by molar-refractivity contribution is 0.0637. The van der Waals surface area contributed by atoms with Crippen LogP contribution in [0.2, 0.25) is 0 Å². The largest absolute Gasteiger partial charge is 0.486 e. The van der Waals surface area contributed by atoms with Gasteiger partial charge in [0.2, 0.25) is 0 Å². The first-order valence-electron chi connectivity index (χ1n) is 6.36. The van der Waals surface area contributed by atoms with Crippen molar-refractivity contribution < 1.29 is 9.47 Å². The summed E-state index contributed by atoms with van der Waals surface area (Å²) in [5.41, 5.74) is 0. The predicted molar refractivity (Wildman–Crippen MR) is 71.9 cm³/mol. The highest BCUT2D eigenvalue weighted by Gasteiger charge is 2.27. The molecule has 0 aromatic heterocycles. The molecule has 2 rings (SSSR count). The van der Waals surface area contributed by atoms with Crippen LogP contribution in [0.5, 0.6) is 11.5 Å².